The van der Waals surface area contributed by atoms with Gasteiger partial charge in [-0.25, -0.2) is 9.18 Å². The third-order valence-corrected chi connectivity index (χ3v) is 6.73. The Labute approximate surface area is 252 Å². The molecule has 0 spiro atoms. The molecule has 232 valence electrons. The minimum absolute atomic E-state index is 0.0993. The van der Waals surface area contributed by atoms with Gasteiger partial charge in [0.15, 0.2) is 0 Å². The second kappa shape index (κ2) is 15.5. The zero-order valence-electron chi connectivity index (χ0n) is 25.7. The minimum Gasteiger partial charge on any atom is -0.508 e. The van der Waals surface area contributed by atoms with E-state index in [2.05, 4.69) is 17.1 Å². The maximum atomic E-state index is 14.0. The van der Waals surface area contributed by atoms with Crippen LogP contribution in [0.25, 0.3) is 0 Å². The van der Waals surface area contributed by atoms with Gasteiger partial charge in [0.25, 0.3) is 0 Å². The highest BCUT2D eigenvalue weighted by Gasteiger charge is 2.28. The average molecular weight is 597 g/mol. The molecule has 0 aromatic heterocycles. The number of hydrogen-bond donors (Lipinski definition) is 2. The quantitative estimate of drug-likeness (QED) is 0.179. The molecule has 0 fully saturated rings. The number of nitrogens with one attached hydrogen (secondary N) is 1. The van der Waals surface area contributed by atoms with E-state index in [9.17, 15) is 19.1 Å². The van der Waals surface area contributed by atoms with E-state index in [1.807, 2.05) is 19.9 Å². The van der Waals surface area contributed by atoms with Crippen LogP contribution >= 0.6 is 0 Å². The fourth-order valence-corrected chi connectivity index (χ4v) is 5.10. The van der Waals surface area contributed by atoms with E-state index in [0.717, 1.165) is 16.7 Å². The van der Waals surface area contributed by atoms with Crippen molar-refractivity contribution in [1.29, 1.82) is 0 Å². The van der Waals surface area contributed by atoms with Crippen LogP contribution in [0.5, 0.6) is 17.2 Å². The van der Waals surface area contributed by atoms with Crippen LogP contribution in [-0.2, 0) is 36.9 Å². The first-order valence-corrected chi connectivity index (χ1v) is 14.0. The van der Waals surface area contributed by atoms with Crippen molar-refractivity contribution in [3.63, 3.8) is 0 Å². The number of rotatable bonds is 14. The van der Waals surface area contributed by atoms with Crippen molar-refractivity contribution in [2.45, 2.75) is 40.8 Å². The first-order valence-electron chi connectivity index (χ1n) is 14.0. The van der Waals surface area contributed by atoms with Crippen molar-refractivity contribution in [3.05, 3.63) is 82.7 Å². The van der Waals surface area contributed by atoms with Gasteiger partial charge in [-0.3, -0.25) is 9.69 Å². The van der Waals surface area contributed by atoms with E-state index >= 15 is 0 Å². The number of methoxy groups -OCH3 is 2. The molecule has 2 N–H and O–H groups in total. The van der Waals surface area contributed by atoms with Gasteiger partial charge in [0.2, 0.25) is 0 Å². The number of benzene rings is 3. The van der Waals surface area contributed by atoms with Gasteiger partial charge in [0.05, 0.1) is 19.8 Å². The average Bonchev–Trinajstić information content (AvgIpc) is 2.92. The number of phenolic OH excluding ortho intramolecular Hbond substituents is 1. The zero-order valence-corrected chi connectivity index (χ0v) is 25.7. The summed E-state index contributed by atoms with van der Waals surface area (Å²) < 4.78 is 36.0. The molecule has 0 bridgehead atoms. The Hall–Kier alpha value is -3.99. The molecule has 0 aliphatic rings. The lowest BCUT2D eigenvalue weighted by atomic mass is 9.91. The number of nitrogens with zero attached hydrogens (tertiary/aromatic N) is 1. The highest BCUT2D eigenvalue weighted by atomic mass is 19.1. The summed E-state index contributed by atoms with van der Waals surface area (Å²) in [4.78, 5) is 25.9. The highest BCUT2D eigenvalue weighted by molar-refractivity contribution is 6.37. The Morgan fingerprint density at radius 1 is 0.977 bits per heavy atom. The predicted molar refractivity (Wildman–Crippen MR) is 162 cm³/mol. The first-order chi connectivity index (χ1) is 20.5. The second-order valence-corrected chi connectivity index (χ2v) is 11.0. The predicted octanol–water partition coefficient (Wildman–Crippen LogP) is 5.74. The number of carbonyl (C=O) groups excluding carboxylic acids is 2. The number of hydrogen-bond acceptors (Lipinski definition) is 8. The van der Waals surface area contributed by atoms with Crippen LogP contribution in [0.3, 0.4) is 0 Å². The standard InChI is InChI=1S/C33H41FN2O7/c1-7-42-32(39)31(38)35-27-13-22(2)30(23(3)14-27)43-28-11-12-29(37)25(16-28)18-36(17-24-9-8-10-26(34)15-24)19-33(4,20-40-5)21-41-6/h8-16,37H,7,17-21H2,1-6H3,(H,35,38). The van der Waals surface area contributed by atoms with Crippen molar-refractivity contribution in [3.8, 4) is 17.2 Å². The van der Waals surface area contributed by atoms with Crippen LogP contribution in [0.1, 0.15) is 36.1 Å². The molecule has 10 heteroatoms. The van der Waals surface area contributed by atoms with Gasteiger partial charge in [-0.1, -0.05) is 19.1 Å². The SMILES string of the molecule is CCOC(=O)C(=O)Nc1cc(C)c(Oc2ccc(O)c(CN(Cc3cccc(F)c3)CC(C)(COC)COC)c2)c(C)c1. The zero-order chi connectivity index (χ0) is 31.6. The van der Waals surface area contributed by atoms with Crippen molar-refractivity contribution >= 4 is 17.6 Å². The van der Waals surface area contributed by atoms with E-state index in [-0.39, 0.29) is 23.6 Å². The summed E-state index contributed by atoms with van der Waals surface area (Å²) in [7, 11) is 3.28. The van der Waals surface area contributed by atoms with Crippen molar-refractivity contribution in [1.82, 2.24) is 4.90 Å². The Morgan fingerprint density at radius 3 is 2.26 bits per heavy atom. The number of phenols is 1. The van der Waals surface area contributed by atoms with Crippen LogP contribution in [0, 0.1) is 25.1 Å². The summed E-state index contributed by atoms with van der Waals surface area (Å²) in [5.41, 5.74) is 2.96. The molecule has 3 aromatic carbocycles. The van der Waals surface area contributed by atoms with Gasteiger partial charge in [0.1, 0.15) is 23.1 Å². The molecule has 0 aliphatic carbocycles. The summed E-state index contributed by atoms with van der Waals surface area (Å²) in [6.45, 7) is 9.68. The van der Waals surface area contributed by atoms with Crippen LogP contribution in [0.4, 0.5) is 10.1 Å². The number of halogens is 1. The van der Waals surface area contributed by atoms with Crippen molar-refractivity contribution in [2.75, 3.05) is 45.9 Å². The molecule has 3 aromatic rings. The fourth-order valence-electron chi connectivity index (χ4n) is 5.10. The molecule has 0 saturated carbocycles. The number of carbonyl (C=O) groups is 2. The van der Waals surface area contributed by atoms with Crippen LogP contribution in [0.2, 0.25) is 0 Å². The number of aryl methyl sites for hydroxylation is 2. The molecular weight excluding hydrogens is 555 g/mol. The molecule has 0 unspecified atom stereocenters. The lowest BCUT2D eigenvalue weighted by molar-refractivity contribution is -0.152. The maximum absolute atomic E-state index is 14.0. The Bertz CT molecular complexity index is 1380. The number of amides is 1. The lowest BCUT2D eigenvalue weighted by Gasteiger charge is -2.35. The van der Waals surface area contributed by atoms with Gasteiger partial charge >= 0.3 is 11.9 Å². The third-order valence-electron chi connectivity index (χ3n) is 6.73. The molecule has 9 nitrogen and oxygen atoms in total. The maximum Gasteiger partial charge on any atom is 0.397 e. The monoisotopic (exact) mass is 596 g/mol. The van der Waals surface area contributed by atoms with E-state index in [4.69, 9.17) is 18.9 Å². The topological polar surface area (TPSA) is 107 Å². The molecule has 0 saturated heterocycles. The number of aromatic hydroxyl groups is 1. The summed E-state index contributed by atoms with van der Waals surface area (Å²) >= 11 is 0. The number of ether oxygens (including phenoxy) is 4. The summed E-state index contributed by atoms with van der Waals surface area (Å²) in [5, 5.41) is 13.4. The third kappa shape index (κ3) is 9.77. The molecule has 0 heterocycles. The van der Waals surface area contributed by atoms with Gasteiger partial charge < -0.3 is 29.4 Å². The normalized spacial score (nSPS) is 11.4. The second-order valence-electron chi connectivity index (χ2n) is 11.0. The molecule has 3 rings (SSSR count). The molecule has 0 aliphatic heterocycles. The summed E-state index contributed by atoms with van der Waals surface area (Å²) in [5.74, 6) is -0.940. The van der Waals surface area contributed by atoms with Gasteiger partial charge in [-0.15, -0.1) is 0 Å². The van der Waals surface area contributed by atoms with E-state index in [0.29, 0.717) is 55.6 Å². The summed E-state index contributed by atoms with van der Waals surface area (Å²) in [6.07, 6.45) is 0. The van der Waals surface area contributed by atoms with Crippen LogP contribution < -0.4 is 10.1 Å². The van der Waals surface area contributed by atoms with Crippen molar-refractivity contribution in [2.24, 2.45) is 5.41 Å². The molecular formula is C33H41FN2O7. The molecule has 43 heavy (non-hydrogen) atoms. The Morgan fingerprint density at radius 2 is 1.65 bits per heavy atom. The fraction of sp³-hybridized carbons (Fsp3) is 0.394. The number of anilines is 1. The summed E-state index contributed by atoms with van der Waals surface area (Å²) in [6, 6.07) is 14.9. The minimum atomic E-state index is -0.953. The van der Waals surface area contributed by atoms with E-state index in [1.165, 1.54) is 12.1 Å². The highest BCUT2D eigenvalue weighted by Crippen LogP contribution is 2.34. The number of esters is 1. The van der Waals surface area contributed by atoms with E-state index < -0.39 is 11.9 Å². The van der Waals surface area contributed by atoms with Gasteiger partial charge in [-0.2, -0.15) is 0 Å². The van der Waals surface area contributed by atoms with Crippen LogP contribution in [0.15, 0.2) is 54.6 Å². The Balaban J connectivity index is 1.86. The van der Waals surface area contributed by atoms with Crippen LogP contribution in [-0.4, -0.2) is 62.5 Å². The smallest absolute Gasteiger partial charge is 0.397 e. The lowest BCUT2D eigenvalue weighted by Crippen LogP contribution is -2.41. The molecule has 0 atom stereocenters. The largest absolute Gasteiger partial charge is 0.508 e. The van der Waals surface area contributed by atoms with Gasteiger partial charge in [0, 0.05) is 50.5 Å². The Kier molecular flexibility index (Phi) is 12.1. The van der Waals surface area contributed by atoms with Gasteiger partial charge in [-0.05, 0) is 79.9 Å². The van der Waals surface area contributed by atoms with E-state index in [1.54, 1.807) is 57.5 Å². The molecule has 0 radical (unpaired) electrons. The molecule has 1 amide bonds. The first kappa shape index (κ1) is 33.5. The van der Waals surface area contributed by atoms with Crippen molar-refractivity contribution < 1.29 is 38.0 Å².